The van der Waals surface area contributed by atoms with Gasteiger partial charge in [0.2, 0.25) is 0 Å². The molecule has 3 aromatic carbocycles. The normalized spacial score (nSPS) is 12.7. The number of fused-ring (bicyclic) bond motifs is 1. The minimum Gasteiger partial charge on any atom is -0.488 e. The summed E-state index contributed by atoms with van der Waals surface area (Å²) in [6, 6.07) is 18.0. The van der Waals surface area contributed by atoms with Crippen LogP contribution in [-0.4, -0.2) is 47.5 Å². The minimum atomic E-state index is -1.14. The number of carbonyl (C=O) groups is 1. The van der Waals surface area contributed by atoms with Crippen molar-refractivity contribution in [1.82, 2.24) is 10.3 Å². The van der Waals surface area contributed by atoms with Crippen LogP contribution >= 0.6 is 0 Å². The summed E-state index contributed by atoms with van der Waals surface area (Å²) < 4.78 is 38.7. The summed E-state index contributed by atoms with van der Waals surface area (Å²) in [7, 11) is 0. The first-order valence-corrected chi connectivity index (χ1v) is 14.3. The van der Waals surface area contributed by atoms with Crippen molar-refractivity contribution in [2.75, 3.05) is 26.4 Å². The summed E-state index contributed by atoms with van der Waals surface area (Å²) in [5.41, 5.74) is 5.19. The van der Waals surface area contributed by atoms with Gasteiger partial charge in [0, 0.05) is 42.7 Å². The number of hydrogen-bond donors (Lipinski definition) is 3. The highest BCUT2D eigenvalue weighted by molar-refractivity contribution is 5.71. The fourth-order valence-electron chi connectivity index (χ4n) is 4.88. The van der Waals surface area contributed by atoms with Gasteiger partial charge in [0.15, 0.2) is 23.1 Å². The number of carboxylic acids is 1. The molecule has 1 aliphatic heterocycles. The molecule has 0 aliphatic carbocycles. The van der Waals surface area contributed by atoms with E-state index in [-0.39, 0.29) is 32.1 Å². The molecule has 0 spiro atoms. The Bertz CT molecular complexity index is 1720. The molecule has 3 N–H and O–H groups in total. The summed E-state index contributed by atoms with van der Waals surface area (Å²) >= 11 is 0. The lowest BCUT2D eigenvalue weighted by molar-refractivity contribution is -0.142. The molecular weight excluding hydrogens is 581 g/mol. The summed E-state index contributed by atoms with van der Waals surface area (Å²) in [6.45, 7) is 2.62. The first-order valence-electron chi connectivity index (χ1n) is 14.3. The van der Waals surface area contributed by atoms with Crippen LogP contribution in [0.15, 0.2) is 67.0 Å². The number of benzene rings is 3. The van der Waals surface area contributed by atoms with Crippen molar-refractivity contribution >= 4 is 5.97 Å². The second-order valence-electron chi connectivity index (χ2n) is 10.5. The van der Waals surface area contributed by atoms with E-state index in [1.165, 1.54) is 18.3 Å². The molecule has 232 valence electrons. The number of aromatic nitrogens is 1. The summed E-state index contributed by atoms with van der Waals surface area (Å²) in [4.78, 5) is 15.3. The Morgan fingerprint density at radius 1 is 1.04 bits per heavy atom. The molecule has 0 radical (unpaired) electrons. The van der Waals surface area contributed by atoms with Crippen LogP contribution in [0.4, 0.5) is 4.39 Å². The fraction of sp³-hybridized carbons (Fsp3) is 0.265. The molecular formula is C34H32FN3O7. The van der Waals surface area contributed by atoms with Crippen LogP contribution in [0.25, 0.3) is 11.1 Å². The molecule has 1 aliphatic rings. The second-order valence-corrected chi connectivity index (χ2v) is 10.5. The van der Waals surface area contributed by atoms with E-state index in [9.17, 15) is 20.3 Å². The van der Waals surface area contributed by atoms with Crippen LogP contribution in [0.1, 0.15) is 27.8 Å². The van der Waals surface area contributed by atoms with Crippen LogP contribution in [0.2, 0.25) is 0 Å². The SMILES string of the molecule is Cc1c(COc2cc(OCc3cncc(C#N)c3)c(CNCC(CO)C(=O)O)cc2F)cccc1-c1ccc2c(c1)OCCO2. The molecule has 11 heteroatoms. The molecule has 45 heavy (non-hydrogen) atoms. The minimum absolute atomic E-state index is 0.0273. The first kappa shape index (κ1) is 31.3. The van der Waals surface area contributed by atoms with E-state index >= 15 is 4.39 Å². The van der Waals surface area contributed by atoms with Gasteiger partial charge in [-0.3, -0.25) is 9.78 Å². The average Bonchev–Trinajstić information content (AvgIpc) is 3.06. The number of carboxylic acid groups (broad SMARTS) is 1. The Morgan fingerprint density at radius 2 is 1.84 bits per heavy atom. The number of nitrogens with one attached hydrogen (secondary N) is 1. The lowest BCUT2D eigenvalue weighted by Gasteiger charge is -2.20. The predicted octanol–water partition coefficient (Wildman–Crippen LogP) is 4.78. The molecule has 1 atom stereocenters. The molecule has 0 saturated heterocycles. The molecule has 0 saturated carbocycles. The van der Waals surface area contributed by atoms with E-state index in [1.807, 2.05) is 49.4 Å². The maximum atomic E-state index is 15.4. The van der Waals surface area contributed by atoms with E-state index in [0.29, 0.717) is 47.2 Å². The fourth-order valence-corrected chi connectivity index (χ4v) is 4.88. The van der Waals surface area contributed by atoms with Crippen LogP contribution in [-0.2, 0) is 24.6 Å². The van der Waals surface area contributed by atoms with E-state index in [2.05, 4.69) is 10.3 Å². The van der Waals surface area contributed by atoms with Gasteiger partial charge in [-0.2, -0.15) is 5.26 Å². The number of rotatable bonds is 13. The van der Waals surface area contributed by atoms with E-state index in [1.54, 1.807) is 12.3 Å². The lowest BCUT2D eigenvalue weighted by atomic mass is 9.96. The molecule has 0 bridgehead atoms. The maximum Gasteiger partial charge on any atom is 0.310 e. The quantitative estimate of drug-likeness (QED) is 0.193. The van der Waals surface area contributed by atoms with Gasteiger partial charge in [-0.25, -0.2) is 4.39 Å². The first-order chi connectivity index (χ1) is 21.9. The molecule has 2 heterocycles. The molecule has 0 amide bonds. The number of aliphatic hydroxyl groups is 1. The third-order valence-corrected chi connectivity index (χ3v) is 7.39. The highest BCUT2D eigenvalue weighted by Crippen LogP contribution is 2.36. The number of aliphatic hydroxyl groups excluding tert-OH is 1. The number of aliphatic carboxylic acids is 1. The summed E-state index contributed by atoms with van der Waals surface area (Å²) in [5, 5.41) is 30.7. The van der Waals surface area contributed by atoms with Crippen LogP contribution in [0, 0.1) is 30.0 Å². The van der Waals surface area contributed by atoms with Gasteiger partial charge >= 0.3 is 5.97 Å². The van der Waals surface area contributed by atoms with Crippen molar-refractivity contribution in [1.29, 1.82) is 5.26 Å². The summed E-state index contributed by atoms with van der Waals surface area (Å²) in [5.74, 6) is -1.10. The van der Waals surface area contributed by atoms with Crippen molar-refractivity contribution < 1.29 is 38.3 Å². The molecule has 10 nitrogen and oxygen atoms in total. The average molecular weight is 614 g/mol. The number of halogens is 1. The van der Waals surface area contributed by atoms with Crippen molar-refractivity contribution in [3.63, 3.8) is 0 Å². The predicted molar refractivity (Wildman–Crippen MR) is 162 cm³/mol. The van der Waals surface area contributed by atoms with Crippen LogP contribution < -0.4 is 24.3 Å². The zero-order chi connectivity index (χ0) is 31.8. The van der Waals surface area contributed by atoms with Crippen LogP contribution in [0.3, 0.4) is 0 Å². The Hall–Kier alpha value is -5.18. The molecule has 1 aromatic heterocycles. The summed E-state index contributed by atoms with van der Waals surface area (Å²) in [6.07, 6.45) is 3.00. The van der Waals surface area contributed by atoms with E-state index in [0.717, 1.165) is 22.3 Å². The van der Waals surface area contributed by atoms with Gasteiger partial charge in [-0.05, 0) is 53.4 Å². The smallest absolute Gasteiger partial charge is 0.310 e. The number of pyridine rings is 1. The molecule has 5 rings (SSSR count). The monoisotopic (exact) mass is 613 g/mol. The van der Waals surface area contributed by atoms with E-state index in [4.69, 9.17) is 18.9 Å². The highest BCUT2D eigenvalue weighted by Gasteiger charge is 2.19. The molecule has 0 fully saturated rings. The van der Waals surface area contributed by atoms with Gasteiger partial charge < -0.3 is 34.5 Å². The standard InChI is InChI=1S/C34H32FN3O7/c1-21-25(3-2-4-28(21)24-5-6-30-33(11-24)43-8-7-42-30)20-45-32-12-31(44-19-23-9-22(13-36)14-37-15-23)26(10-29(32)35)16-38-17-27(18-39)34(40)41/h2-6,9-12,14-15,27,38-39H,7-8,16-20H2,1H3,(H,40,41). The van der Waals surface area contributed by atoms with Gasteiger partial charge in [0.25, 0.3) is 0 Å². The second kappa shape index (κ2) is 14.5. The van der Waals surface area contributed by atoms with Crippen molar-refractivity contribution in [2.24, 2.45) is 5.92 Å². The molecule has 1 unspecified atom stereocenters. The van der Waals surface area contributed by atoms with Gasteiger partial charge in [0.1, 0.15) is 38.2 Å². The maximum absolute atomic E-state index is 15.4. The Morgan fingerprint density at radius 3 is 2.62 bits per heavy atom. The Kier molecular flexibility index (Phi) is 10.1. The number of nitrogens with zero attached hydrogens (tertiary/aromatic N) is 2. The van der Waals surface area contributed by atoms with Gasteiger partial charge in [0.05, 0.1) is 18.1 Å². The lowest BCUT2D eigenvalue weighted by Crippen LogP contribution is -2.30. The van der Waals surface area contributed by atoms with Crippen molar-refractivity contribution in [3.05, 3.63) is 101 Å². The van der Waals surface area contributed by atoms with Gasteiger partial charge in [-0.15, -0.1) is 0 Å². The zero-order valence-corrected chi connectivity index (χ0v) is 24.6. The van der Waals surface area contributed by atoms with Crippen LogP contribution in [0.5, 0.6) is 23.0 Å². The highest BCUT2D eigenvalue weighted by atomic mass is 19.1. The van der Waals surface area contributed by atoms with Crippen molar-refractivity contribution in [3.8, 4) is 40.2 Å². The molecule has 4 aromatic rings. The number of ether oxygens (including phenoxy) is 4. The number of nitriles is 1. The third kappa shape index (κ3) is 7.67. The Balaban J connectivity index is 1.35. The largest absolute Gasteiger partial charge is 0.488 e. The Labute approximate surface area is 259 Å². The number of hydrogen-bond acceptors (Lipinski definition) is 9. The zero-order valence-electron chi connectivity index (χ0n) is 24.6. The van der Waals surface area contributed by atoms with Crippen molar-refractivity contribution in [2.45, 2.75) is 26.7 Å². The topological polar surface area (TPSA) is 143 Å². The third-order valence-electron chi connectivity index (χ3n) is 7.39. The van der Waals surface area contributed by atoms with E-state index < -0.39 is 24.3 Å². The van der Waals surface area contributed by atoms with Gasteiger partial charge in [-0.1, -0.05) is 24.3 Å².